The van der Waals surface area contributed by atoms with Gasteiger partial charge in [-0.1, -0.05) is 6.07 Å². The molecule has 0 amide bonds. The fourth-order valence-electron chi connectivity index (χ4n) is 3.13. The second kappa shape index (κ2) is 6.26. The predicted octanol–water partition coefficient (Wildman–Crippen LogP) is 1.77. The molecule has 1 aromatic heterocycles. The number of benzene rings is 2. The first kappa shape index (κ1) is 16.8. The van der Waals surface area contributed by atoms with Crippen molar-refractivity contribution in [2.45, 2.75) is 4.90 Å². The van der Waals surface area contributed by atoms with Crippen LogP contribution in [0.4, 0.5) is 10.1 Å². The van der Waals surface area contributed by atoms with E-state index in [2.05, 4.69) is 4.98 Å². The topological polar surface area (TPSA) is 86.6 Å². The summed E-state index contributed by atoms with van der Waals surface area (Å²) in [4.78, 5) is 16.1. The zero-order valence-corrected chi connectivity index (χ0v) is 14.5. The lowest BCUT2D eigenvalue weighted by Crippen LogP contribution is -2.48. The monoisotopic (exact) mass is 377 g/mol. The Kier molecular flexibility index (Phi) is 4.04. The molecule has 0 spiro atoms. The molecule has 1 fully saturated rings. The molecule has 0 bridgehead atoms. The highest BCUT2D eigenvalue weighted by atomic mass is 32.2. The summed E-state index contributed by atoms with van der Waals surface area (Å²) in [5.41, 5.74) is 1.82. The Morgan fingerprint density at radius 1 is 1.00 bits per heavy atom. The number of nitrogens with one attached hydrogen (secondary N) is 1. The Morgan fingerprint density at radius 3 is 2.38 bits per heavy atom. The van der Waals surface area contributed by atoms with E-state index < -0.39 is 21.6 Å². The molecule has 26 heavy (non-hydrogen) atoms. The summed E-state index contributed by atoms with van der Waals surface area (Å²) in [6.45, 7) is 1.47. The van der Waals surface area contributed by atoms with Crippen molar-refractivity contribution in [1.29, 1.82) is 0 Å². The molecule has 2 heterocycles. The van der Waals surface area contributed by atoms with E-state index in [4.69, 9.17) is 4.42 Å². The number of H-pyrrole nitrogens is 1. The molecule has 0 radical (unpaired) electrons. The lowest BCUT2D eigenvalue weighted by molar-refractivity contribution is 0.384. The number of hydrogen-bond donors (Lipinski definition) is 1. The van der Waals surface area contributed by atoms with Gasteiger partial charge in [0.05, 0.1) is 16.1 Å². The van der Waals surface area contributed by atoms with E-state index in [-0.39, 0.29) is 18.0 Å². The highest BCUT2D eigenvalue weighted by Crippen LogP contribution is 2.27. The van der Waals surface area contributed by atoms with E-state index >= 15 is 0 Å². The third kappa shape index (κ3) is 2.89. The van der Waals surface area contributed by atoms with Crippen LogP contribution in [0.15, 0.2) is 56.6 Å². The first-order chi connectivity index (χ1) is 12.4. The van der Waals surface area contributed by atoms with Crippen LogP contribution in [0.25, 0.3) is 11.1 Å². The molecule has 1 N–H and O–H groups in total. The summed E-state index contributed by atoms with van der Waals surface area (Å²) in [5, 5.41) is 0. The number of anilines is 1. The molecule has 1 saturated heterocycles. The lowest BCUT2D eigenvalue weighted by Gasteiger charge is -2.35. The van der Waals surface area contributed by atoms with Gasteiger partial charge < -0.3 is 9.32 Å². The number of halogens is 1. The number of piperazine rings is 1. The van der Waals surface area contributed by atoms with Crippen molar-refractivity contribution in [3.05, 3.63) is 58.8 Å². The molecule has 0 saturated carbocycles. The number of fused-ring (bicyclic) bond motifs is 1. The highest BCUT2D eigenvalue weighted by Gasteiger charge is 2.29. The molecule has 9 heteroatoms. The summed E-state index contributed by atoms with van der Waals surface area (Å²) in [6, 6.07) is 10.2. The Labute approximate surface area is 148 Å². The van der Waals surface area contributed by atoms with Gasteiger partial charge >= 0.3 is 5.76 Å². The molecule has 3 aromatic rings. The second-order valence-electron chi connectivity index (χ2n) is 6.01. The van der Waals surface area contributed by atoms with Crippen molar-refractivity contribution in [1.82, 2.24) is 9.29 Å². The zero-order chi connectivity index (χ0) is 18.3. The number of sulfonamides is 1. The van der Waals surface area contributed by atoms with Crippen LogP contribution in [-0.2, 0) is 10.0 Å². The van der Waals surface area contributed by atoms with Gasteiger partial charge in [-0.15, -0.1) is 0 Å². The van der Waals surface area contributed by atoms with Crippen LogP contribution in [0.3, 0.4) is 0 Å². The summed E-state index contributed by atoms with van der Waals surface area (Å²) in [5.74, 6) is -1.00. The minimum Gasteiger partial charge on any atom is -0.406 e. The first-order valence-electron chi connectivity index (χ1n) is 8.08. The smallest absolute Gasteiger partial charge is 0.406 e. The fourth-order valence-corrected chi connectivity index (χ4v) is 4.55. The number of para-hydroxylation sites is 1. The maximum absolute atomic E-state index is 13.0. The van der Waals surface area contributed by atoms with Gasteiger partial charge in [0, 0.05) is 26.2 Å². The van der Waals surface area contributed by atoms with Crippen molar-refractivity contribution >= 4 is 26.8 Å². The molecule has 1 aliphatic rings. The number of oxazole rings is 1. The standard InChI is InChI=1S/C17H16FN3O4S/c18-12-4-6-13(7-5-12)26(23,24)21-10-8-20(9-11-21)15-3-1-2-14-16(15)25-17(22)19-14/h1-7H,8-11H2,(H,19,22). The Morgan fingerprint density at radius 2 is 1.69 bits per heavy atom. The summed E-state index contributed by atoms with van der Waals surface area (Å²) < 4.78 is 45.0. The SMILES string of the molecule is O=c1[nH]c2cccc(N3CCN(S(=O)(=O)c4ccc(F)cc4)CC3)c2o1. The molecule has 2 aromatic carbocycles. The van der Waals surface area contributed by atoms with Gasteiger partial charge in [0.15, 0.2) is 5.58 Å². The van der Waals surface area contributed by atoms with Gasteiger partial charge in [0.2, 0.25) is 10.0 Å². The largest absolute Gasteiger partial charge is 0.417 e. The zero-order valence-electron chi connectivity index (χ0n) is 13.7. The summed E-state index contributed by atoms with van der Waals surface area (Å²) in [7, 11) is -3.66. The van der Waals surface area contributed by atoms with Crippen molar-refractivity contribution in [2.24, 2.45) is 0 Å². The average Bonchev–Trinajstić information content (AvgIpc) is 3.02. The van der Waals surface area contributed by atoms with Crippen LogP contribution >= 0.6 is 0 Å². The van der Waals surface area contributed by atoms with Gasteiger partial charge in [-0.2, -0.15) is 4.31 Å². The average molecular weight is 377 g/mol. The Balaban J connectivity index is 1.55. The van der Waals surface area contributed by atoms with E-state index in [1.54, 1.807) is 6.07 Å². The molecule has 0 aliphatic carbocycles. The number of aromatic nitrogens is 1. The molecular weight excluding hydrogens is 361 g/mol. The van der Waals surface area contributed by atoms with Crippen molar-refractivity contribution in [3.63, 3.8) is 0 Å². The lowest BCUT2D eigenvalue weighted by atomic mass is 10.2. The Bertz CT molecular complexity index is 1100. The van der Waals surface area contributed by atoms with Crippen LogP contribution in [0.5, 0.6) is 0 Å². The van der Waals surface area contributed by atoms with Crippen LogP contribution in [0, 0.1) is 5.82 Å². The van der Waals surface area contributed by atoms with Crippen molar-refractivity contribution in [2.75, 3.05) is 31.1 Å². The minimum absolute atomic E-state index is 0.0751. The van der Waals surface area contributed by atoms with Crippen LogP contribution in [-0.4, -0.2) is 43.9 Å². The van der Waals surface area contributed by atoms with Crippen molar-refractivity contribution in [3.8, 4) is 0 Å². The normalized spacial score (nSPS) is 16.3. The van der Waals surface area contributed by atoms with Crippen LogP contribution in [0.2, 0.25) is 0 Å². The molecule has 7 nitrogen and oxygen atoms in total. The second-order valence-corrected chi connectivity index (χ2v) is 7.95. The quantitative estimate of drug-likeness (QED) is 0.752. The number of hydrogen-bond acceptors (Lipinski definition) is 5. The third-order valence-corrected chi connectivity index (χ3v) is 6.37. The maximum Gasteiger partial charge on any atom is 0.417 e. The highest BCUT2D eigenvalue weighted by molar-refractivity contribution is 7.89. The predicted molar refractivity (Wildman–Crippen MR) is 94.2 cm³/mol. The summed E-state index contributed by atoms with van der Waals surface area (Å²) in [6.07, 6.45) is 0. The van der Waals surface area contributed by atoms with Crippen LogP contribution in [0.1, 0.15) is 0 Å². The number of rotatable bonds is 3. The molecular formula is C17H16FN3O4S. The third-order valence-electron chi connectivity index (χ3n) is 4.46. The van der Waals surface area contributed by atoms with Gasteiger partial charge in [0.1, 0.15) is 5.82 Å². The van der Waals surface area contributed by atoms with E-state index in [0.717, 1.165) is 17.8 Å². The maximum atomic E-state index is 13.0. The van der Waals surface area contributed by atoms with E-state index in [1.165, 1.54) is 16.4 Å². The van der Waals surface area contributed by atoms with Crippen LogP contribution < -0.4 is 10.7 Å². The molecule has 136 valence electrons. The van der Waals surface area contributed by atoms with Gasteiger partial charge in [0.25, 0.3) is 0 Å². The number of aromatic amines is 1. The molecule has 0 unspecified atom stereocenters. The molecule has 0 atom stereocenters. The summed E-state index contributed by atoms with van der Waals surface area (Å²) >= 11 is 0. The van der Waals surface area contributed by atoms with Gasteiger partial charge in [-0.25, -0.2) is 17.6 Å². The van der Waals surface area contributed by atoms with Gasteiger partial charge in [-0.05, 0) is 36.4 Å². The van der Waals surface area contributed by atoms with E-state index in [0.29, 0.717) is 24.2 Å². The minimum atomic E-state index is -3.66. The number of nitrogens with zero attached hydrogens (tertiary/aromatic N) is 2. The van der Waals surface area contributed by atoms with Crippen molar-refractivity contribution < 1.29 is 17.2 Å². The Hall–Kier alpha value is -2.65. The molecule has 4 rings (SSSR count). The van der Waals surface area contributed by atoms with E-state index in [9.17, 15) is 17.6 Å². The fraction of sp³-hybridized carbons (Fsp3) is 0.235. The molecule has 1 aliphatic heterocycles. The first-order valence-corrected chi connectivity index (χ1v) is 9.52. The van der Waals surface area contributed by atoms with Gasteiger partial charge in [-0.3, -0.25) is 4.98 Å². The van der Waals surface area contributed by atoms with E-state index in [1.807, 2.05) is 17.0 Å².